The molecule has 0 bridgehead atoms. The van der Waals surface area contributed by atoms with Crippen molar-refractivity contribution in [2.45, 2.75) is 45.8 Å². The first-order valence-electron chi connectivity index (χ1n) is 11.9. The Morgan fingerprint density at radius 3 is 2.63 bits per heavy atom. The molecule has 1 saturated heterocycles. The monoisotopic (exact) mass is 491 g/mol. The number of aromatic nitrogens is 2. The molecule has 0 spiro atoms. The fraction of sp³-hybridized carbons (Fsp3) is 0.370. The number of hydrogen-bond donors (Lipinski definition) is 2. The van der Waals surface area contributed by atoms with Crippen molar-refractivity contribution >= 4 is 28.9 Å². The molecule has 0 saturated carbocycles. The summed E-state index contributed by atoms with van der Waals surface area (Å²) in [5.74, 6) is -0.0345. The van der Waals surface area contributed by atoms with Gasteiger partial charge >= 0.3 is 0 Å². The summed E-state index contributed by atoms with van der Waals surface area (Å²) in [5, 5.41) is 7.15. The zero-order valence-corrected chi connectivity index (χ0v) is 21.6. The Morgan fingerprint density at radius 1 is 1.14 bits per heavy atom. The second-order valence-electron chi connectivity index (χ2n) is 8.90. The van der Waals surface area contributed by atoms with Crippen LogP contribution in [-0.2, 0) is 16.1 Å². The molecule has 1 aliphatic rings. The molecular formula is C27H33N5O2S. The third-order valence-electron chi connectivity index (χ3n) is 6.65. The van der Waals surface area contributed by atoms with Crippen LogP contribution >= 0.6 is 12.2 Å². The second kappa shape index (κ2) is 11.0. The molecule has 2 aromatic heterocycles. The SMILES string of the molecule is COCCn1c(C)cc([C@@H]2[C@H](c3ccccn3)NC(=S)N2CCC(=O)Nc2ccccc2C)c1C. The zero-order valence-electron chi connectivity index (χ0n) is 20.7. The molecule has 0 radical (unpaired) electrons. The van der Waals surface area contributed by atoms with Gasteiger partial charge in [0.25, 0.3) is 0 Å². The van der Waals surface area contributed by atoms with Gasteiger partial charge in [-0.05, 0) is 68.4 Å². The van der Waals surface area contributed by atoms with E-state index >= 15 is 0 Å². The van der Waals surface area contributed by atoms with Crippen molar-refractivity contribution in [2.24, 2.45) is 0 Å². The lowest BCUT2D eigenvalue weighted by Crippen LogP contribution is -2.33. The van der Waals surface area contributed by atoms with Crippen molar-refractivity contribution in [3.05, 3.63) is 82.9 Å². The highest BCUT2D eigenvalue weighted by molar-refractivity contribution is 7.80. The highest BCUT2D eigenvalue weighted by Crippen LogP contribution is 2.40. The number of methoxy groups -OCH3 is 1. The number of rotatable bonds is 9. The first-order chi connectivity index (χ1) is 16.9. The number of pyridine rings is 1. The van der Waals surface area contributed by atoms with Gasteiger partial charge in [-0.25, -0.2) is 0 Å². The zero-order chi connectivity index (χ0) is 24.9. The van der Waals surface area contributed by atoms with Crippen LogP contribution in [0.5, 0.6) is 0 Å². The number of carbonyl (C=O) groups is 1. The molecule has 1 aliphatic heterocycles. The van der Waals surface area contributed by atoms with Crippen LogP contribution in [0.15, 0.2) is 54.7 Å². The van der Waals surface area contributed by atoms with Gasteiger partial charge in [0.2, 0.25) is 5.91 Å². The minimum absolute atomic E-state index is 0.0345. The number of aryl methyl sites for hydroxylation is 2. The minimum Gasteiger partial charge on any atom is -0.383 e. The second-order valence-corrected chi connectivity index (χ2v) is 9.29. The molecule has 35 heavy (non-hydrogen) atoms. The summed E-state index contributed by atoms with van der Waals surface area (Å²) in [6.45, 7) is 8.16. The fourth-order valence-corrected chi connectivity index (χ4v) is 5.12. The van der Waals surface area contributed by atoms with Crippen LogP contribution in [0.4, 0.5) is 5.69 Å². The summed E-state index contributed by atoms with van der Waals surface area (Å²) in [5.41, 5.74) is 6.32. The Balaban J connectivity index is 1.61. The lowest BCUT2D eigenvalue weighted by molar-refractivity contribution is -0.116. The van der Waals surface area contributed by atoms with E-state index in [4.69, 9.17) is 17.0 Å². The van der Waals surface area contributed by atoms with Crippen molar-refractivity contribution in [2.75, 3.05) is 25.6 Å². The smallest absolute Gasteiger partial charge is 0.226 e. The van der Waals surface area contributed by atoms with Crippen LogP contribution in [0.25, 0.3) is 0 Å². The third-order valence-corrected chi connectivity index (χ3v) is 7.00. The highest BCUT2D eigenvalue weighted by Gasteiger charge is 2.41. The van der Waals surface area contributed by atoms with Gasteiger partial charge in [-0.15, -0.1) is 0 Å². The Bertz CT molecular complexity index is 1190. The van der Waals surface area contributed by atoms with Gasteiger partial charge in [0.1, 0.15) is 0 Å². The maximum atomic E-state index is 12.8. The fourth-order valence-electron chi connectivity index (χ4n) is 4.79. The third kappa shape index (κ3) is 5.39. The minimum atomic E-state index is -0.112. The normalized spacial score (nSPS) is 17.5. The summed E-state index contributed by atoms with van der Waals surface area (Å²) >= 11 is 5.78. The standard InChI is InChI=1S/C27H33N5O2S/c1-18-9-5-6-10-22(18)29-24(33)12-14-32-26(21-17-19(2)31(20(21)3)15-16-34-4)25(30-27(32)35)23-11-7-8-13-28-23/h5-11,13,17,25-26H,12,14-16H2,1-4H3,(H,29,33)(H,30,35)/t25-,26+/m0/s1. The van der Waals surface area contributed by atoms with Gasteiger partial charge in [-0.3, -0.25) is 9.78 Å². The first-order valence-corrected chi connectivity index (χ1v) is 12.3. The number of carbonyl (C=O) groups excluding carboxylic acids is 1. The molecule has 2 atom stereocenters. The maximum absolute atomic E-state index is 12.8. The van der Waals surface area contributed by atoms with Crippen molar-refractivity contribution in [1.29, 1.82) is 0 Å². The van der Waals surface area contributed by atoms with E-state index in [9.17, 15) is 4.79 Å². The predicted molar refractivity (Wildman–Crippen MR) is 142 cm³/mol. The molecule has 1 fully saturated rings. The lowest BCUT2D eigenvalue weighted by Gasteiger charge is -2.28. The Kier molecular flexibility index (Phi) is 7.83. The Labute approximate surface area is 212 Å². The number of ether oxygens (including phenoxy) is 1. The van der Waals surface area contributed by atoms with Crippen LogP contribution in [0.3, 0.4) is 0 Å². The Morgan fingerprint density at radius 2 is 1.91 bits per heavy atom. The predicted octanol–water partition coefficient (Wildman–Crippen LogP) is 4.46. The van der Waals surface area contributed by atoms with Crippen LogP contribution < -0.4 is 10.6 Å². The molecule has 1 aromatic carbocycles. The van der Waals surface area contributed by atoms with Gasteiger partial charge in [-0.1, -0.05) is 24.3 Å². The van der Waals surface area contributed by atoms with E-state index < -0.39 is 0 Å². The molecule has 8 heteroatoms. The largest absolute Gasteiger partial charge is 0.383 e. The van der Waals surface area contributed by atoms with Crippen LogP contribution in [-0.4, -0.2) is 45.7 Å². The number of thiocarbonyl (C=S) groups is 1. The van der Waals surface area contributed by atoms with Crippen molar-refractivity contribution in [3.63, 3.8) is 0 Å². The molecule has 0 unspecified atom stereocenters. The quantitative estimate of drug-likeness (QED) is 0.431. The summed E-state index contributed by atoms with van der Waals surface area (Å²) in [6, 6.07) is 15.8. The van der Waals surface area contributed by atoms with E-state index in [0.29, 0.717) is 24.7 Å². The Hall–Kier alpha value is -3.23. The molecule has 2 N–H and O–H groups in total. The molecule has 0 aliphatic carbocycles. The molecule has 7 nitrogen and oxygen atoms in total. The van der Waals surface area contributed by atoms with E-state index in [2.05, 4.69) is 45.0 Å². The van der Waals surface area contributed by atoms with Gasteiger partial charge in [0.05, 0.1) is 24.4 Å². The van der Waals surface area contributed by atoms with Gasteiger partial charge < -0.3 is 24.8 Å². The number of anilines is 1. The average Bonchev–Trinajstić information content (AvgIpc) is 3.33. The van der Waals surface area contributed by atoms with Crippen LogP contribution in [0.1, 0.15) is 46.7 Å². The van der Waals surface area contributed by atoms with Crippen molar-refractivity contribution in [3.8, 4) is 0 Å². The average molecular weight is 492 g/mol. The number of amides is 1. The molecule has 1 amide bonds. The van der Waals surface area contributed by atoms with Crippen LogP contribution in [0.2, 0.25) is 0 Å². The molecule has 4 rings (SSSR count). The van der Waals surface area contributed by atoms with Gasteiger partial charge in [-0.2, -0.15) is 0 Å². The number of benzene rings is 1. The number of para-hydroxylation sites is 1. The lowest BCUT2D eigenvalue weighted by atomic mass is 9.96. The first kappa shape index (κ1) is 24.9. The van der Waals surface area contributed by atoms with Crippen molar-refractivity contribution < 1.29 is 9.53 Å². The van der Waals surface area contributed by atoms with Crippen LogP contribution in [0, 0.1) is 20.8 Å². The van der Waals surface area contributed by atoms with Crippen molar-refractivity contribution in [1.82, 2.24) is 19.8 Å². The number of nitrogens with zero attached hydrogens (tertiary/aromatic N) is 3. The summed E-state index contributed by atoms with van der Waals surface area (Å²) in [6.07, 6.45) is 2.13. The molecular weight excluding hydrogens is 458 g/mol. The van der Waals surface area contributed by atoms with E-state index in [-0.39, 0.29) is 18.0 Å². The van der Waals surface area contributed by atoms with E-state index in [0.717, 1.165) is 23.5 Å². The summed E-state index contributed by atoms with van der Waals surface area (Å²) in [4.78, 5) is 19.6. The molecule has 3 heterocycles. The maximum Gasteiger partial charge on any atom is 0.226 e. The summed E-state index contributed by atoms with van der Waals surface area (Å²) in [7, 11) is 1.72. The summed E-state index contributed by atoms with van der Waals surface area (Å²) < 4.78 is 7.60. The number of hydrogen-bond acceptors (Lipinski definition) is 4. The topological polar surface area (TPSA) is 71.4 Å². The van der Waals surface area contributed by atoms with Gasteiger partial charge in [0, 0.05) is 49.9 Å². The highest BCUT2D eigenvalue weighted by atomic mass is 32.1. The van der Waals surface area contributed by atoms with E-state index in [1.807, 2.05) is 49.4 Å². The molecule has 184 valence electrons. The molecule has 3 aromatic rings. The van der Waals surface area contributed by atoms with Gasteiger partial charge in [0.15, 0.2) is 5.11 Å². The number of nitrogens with one attached hydrogen (secondary N) is 2. The van der Waals surface area contributed by atoms with E-state index in [1.165, 1.54) is 17.0 Å². The van der Waals surface area contributed by atoms with E-state index in [1.54, 1.807) is 13.3 Å².